The lowest BCUT2D eigenvalue weighted by molar-refractivity contribution is 0.817. The maximum absolute atomic E-state index is 5.53. The topological polar surface area (TPSA) is 38.9 Å². The third-order valence-electron chi connectivity index (χ3n) is 1.74. The molecule has 0 saturated carbocycles. The van der Waals surface area contributed by atoms with E-state index in [9.17, 15) is 0 Å². The third kappa shape index (κ3) is 1.77. The first-order valence-electron chi connectivity index (χ1n) is 3.89. The Morgan fingerprint density at radius 2 is 2.27 bits per heavy atom. The Morgan fingerprint density at radius 1 is 1.55 bits per heavy atom. The minimum atomic E-state index is 0.516. The van der Waals surface area contributed by atoms with Gasteiger partial charge in [0, 0.05) is 12.7 Å². The summed E-state index contributed by atoms with van der Waals surface area (Å²) in [5.74, 6) is 0.516. The molecule has 60 valence electrons. The fourth-order valence-electron chi connectivity index (χ4n) is 1.15. The highest BCUT2D eigenvalue weighted by Crippen LogP contribution is 2.16. The molecule has 0 aliphatic rings. The van der Waals surface area contributed by atoms with E-state index in [0.717, 1.165) is 5.69 Å². The zero-order chi connectivity index (χ0) is 8.27. The Bertz CT molecular complexity index is 231. The third-order valence-corrected chi connectivity index (χ3v) is 1.74. The number of nitrogens with two attached hydrogens (primary N) is 1. The van der Waals surface area contributed by atoms with Gasteiger partial charge in [-0.15, -0.1) is 0 Å². The average Bonchev–Trinajstić information content (AvgIpc) is 2.04. The van der Waals surface area contributed by atoms with Crippen LogP contribution in [0.3, 0.4) is 0 Å². The molecule has 2 N–H and O–H groups in total. The zero-order valence-electron chi connectivity index (χ0n) is 7.04. The van der Waals surface area contributed by atoms with Crippen LogP contribution in [0.1, 0.15) is 31.0 Å². The average molecular weight is 150 g/mol. The van der Waals surface area contributed by atoms with Gasteiger partial charge in [0.25, 0.3) is 0 Å². The Morgan fingerprint density at radius 3 is 2.73 bits per heavy atom. The summed E-state index contributed by atoms with van der Waals surface area (Å²) < 4.78 is 0. The predicted molar refractivity (Wildman–Crippen MR) is 46.2 cm³/mol. The van der Waals surface area contributed by atoms with Gasteiger partial charge >= 0.3 is 0 Å². The van der Waals surface area contributed by atoms with Gasteiger partial charge in [-0.25, -0.2) is 0 Å². The molecule has 0 aromatic carbocycles. The molecule has 1 heterocycles. The van der Waals surface area contributed by atoms with Crippen molar-refractivity contribution in [3.8, 4) is 0 Å². The lowest BCUT2D eigenvalue weighted by Gasteiger charge is -2.08. The second-order valence-corrected chi connectivity index (χ2v) is 2.90. The molecule has 0 aliphatic carbocycles. The van der Waals surface area contributed by atoms with E-state index in [1.54, 1.807) is 6.20 Å². The van der Waals surface area contributed by atoms with Crippen molar-refractivity contribution >= 4 is 0 Å². The van der Waals surface area contributed by atoms with Crippen molar-refractivity contribution in [1.29, 1.82) is 0 Å². The molecule has 0 saturated heterocycles. The van der Waals surface area contributed by atoms with Crippen molar-refractivity contribution in [3.63, 3.8) is 0 Å². The highest BCUT2D eigenvalue weighted by molar-refractivity contribution is 5.22. The smallest absolute Gasteiger partial charge is 0.0573 e. The van der Waals surface area contributed by atoms with Crippen LogP contribution in [0, 0.1) is 0 Å². The molecular formula is C9H14N2. The molecule has 1 aromatic rings. The van der Waals surface area contributed by atoms with Gasteiger partial charge in [-0.2, -0.15) is 0 Å². The lowest BCUT2D eigenvalue weighted by atomic mass is 10.0. The van der Waals surface area contributed by atoms with Crippen LogP contribution in [0.15, 0.2) is 18.3 Å². The largest absolute Gasteiger partial charge is 0.325 e. The quantitative estimate of drug-likeness (QED) is 0.696. The maximum atomic E-state index is 5.53. The molecular weight excluding hydrogens is 136 g/mol. The molecule has 0 atom stereocenters. The summed E-state index contributed by atoms with van der Waals surface area (Å²) in [6.07, 6.45) is 1.79. The van der Waals surface area contributed by atoms with Crippen molar-refractivity contribution in [2.24, 2.45) is 5.73 Å². The highest BCUT2D eigenvalue weighted by Gasteiger charge is 2.03. The fourth-order valence-corrected chi connectivity index (χ4v) is 1.15. The van der Waals surface area contributed by atoms with Crippen LogP contribution in [-0.2, 0) is 6.54 Å². The SMILES string of the molecule is CC(C)c1cccnc1CN. The number of rotatable bonds is 2. The van der Waals surface area contributed by atoms with Crippen LogP contribution >= 0.6 is 0 Å². The summed E-state index contributed by atoms with van der Waals surface area (Å²) in [5, 5.41) is 0. The molecule has 0 radical (unpaired) electrons. The van der Waals surface area contributed by atoms with Gasteiger partial charge in [-0.05, 0) is 17.5 Å². The van der Waals surface area contributed by atoms with Gasteiger partial charge in [0.2, 0.25) is 0 Å². The molecule has 1 rings (SSSR count). The first kappa shape index (κ1) is 8.21. The van der Waals surface area contributed by atoms with Crippen molar-refractivity contribution in [3.05, 3.63) is 29.6 Å². The van der Waals surface area contributed by atoms with E-state index in [4.69, 9.17) is 5.73 Å². The number of nitrogens with zero attached hydrogens (tertiary/aromatic N) is 1. The normalized spacial score (nSPS) is 10.5. The van der Waals surface area contributed by atoms with E-state index in [1.165, 1.54) is 5.56 Å². The van der Waals surface area contributed by atoms with E-state index in [-0.39, 0.29) is 0 Å². The van der Waals surface area contributed by atoms with E-state index in [2.05, 4.69) is 24.9 Å². The summed E-state index contributed by atoms with van der Waals surface area (Å²) >= 11 is 0. The zero-order valence-corrected chi connectivity index (χ0v) is 7.04. The number of aromatic nitrogens is 1. The molecule has 0 fully saturated rings. The summed E-state index contributed by atoms with van der Waals surface area (Å²) in [4.78, 5) is 4.19. The van der Waals surface area contributed by atoms with Gasteiger partial charge in [-0.1, -0.05) is 19.9 Å². The highest BCUT2D eigenvalue weighted by atomic mass is 14.7. The summed E-state index contributed by atoms with van der Waals surface area (Å²) in [6.45, 7) is 4.83. The monoisotopic (exact) mass is 150 g/mol. The summed E-state index contributed by atoms with van der Waals surface area (Å²) in [6, 6.07) is 4.04. The molecule has 2 nitrogen and oxygen atoms in total. The molecule has 0 unspecified atom stereocenters. The molecule has 2 heteroatoms. The fraction of sp³-hybridized carbons (Fsp3) is 0.444. The molecule has 0 amide bonds. The Balaban J connectivity index is 3.02. The van der Waals surface area contributed by atoms with Crippen molar-refractivity contribution in [1.82, 2.24) is 4.98 Å². The minimum Gasteiger partial charge on any atom is -0.325 e. The van der Waals surface area contributed by atoms with E-state index >= 15 is 0 Å². The summed E-state index contributed by atoms with van der Waals surface area (Å²) in [7, 11) is 0. The maximum Gasteiger partial charge on any atom is 0.0573 e. The van der Waals surface area contributed by atoms with Gasteiger partial charge in [-0.3, -0.25) is 4.98 Å². The molecule has 1 aromatic heterocycles. The second-order valence-electron chi connectivity index (χ2n) is 2.90. The standard InChI is InChI=1S/C9H14N2/c1-7(2)8-4-3-5-11-9(8)6-10/h3-5,7H,6,10H2,1-2H3. The minimum absolute atomic E-state index is 0.516. The molecule has 11 heavy (non-hydrogen) atoms. The van der Waals surface area contributed by atoms with Crippen LogP contribution in [0.25, 0.3) is 0 Å². The van der Waals surface area contributed by atoms with E-state index in [1.807, 2.05) is 6.07 Å². The van der Waals surface area contributed by atoms with Crippen LogP contribution in [0.5, 0.6) is 0 Å². The van der Waals surface area contributed by atoms with Crippen LogP contribution < -0.4 is 5.73 Å². The van der Waals surface area contributed by atoms with Crippen LogP contribution in [-0.4, -0.2) is 4.98 Å². The number of pyridine rings is 1. The van der Waals surface area contributed by atoms with Gasteiger partial charge in [0.05, 0.1) is 5.69 Å². The van der Waals surface area contributed by atoms with E-state index in [0.29, 0.717) is 12.5 Å². The number of hydrogen-bond donors (Lipinski definition) is 1. The Hall–Kier alpha value is -0.890. The number of hydrogen-bond acceptors (Lipinski definition) is 2. The Kier molecular flexibility index (Phi) is 2.60. The van der Waals surface area contributed by atoms with Crippen molar-refractivity contribution in [2.45, 2.75) is 26.3 Å². The molecule has 0 spiro atoms. The predicted octanol–water partition coefficient (Wildman–Crippen LogP) is 1.66. The van der Waals surface area contributed by atoms with E-state index < -0.39 is 0 Å². The Labute approximate surface area is 67.5 Å². The van der Waals surface area contributed by atoms with Crippen molar-refractivity contribution in [2.75, 3.05) is 0 Å². The van der Waals surface area contributed by atoms with Crippen LogP contribution in [0.4, 0.5) is 0 Å². The van der Waals surface area contributed by atoms with Gasteiger partial charge in [0.1, 0.15) is 0 Å². The molecule has 0 bridgehead atoms. The molecule has 0 aliphatic heterocycles. The second kappa shape index (κ2) is 3.49. The van der Waals surface area contributed by atoms with Crippen molar-refractivity contribution < 1.29 is 0 Å². The van der Waals surface area contributed by atoms with Gasteiger partial charge < -0.3 is 5.73 Å². The first-order chi connectivity index (χ1) is 5.25. The first-order valence-corrected chi connectivity index (χ1v) is 3.89. The lowest BCUT2D eigenvalue weighted by Crippen LogP contribution is -2.04. The van der Waals surface area contributed by atoms with Gasteiger partial charge in [0.15, 0.2) is 0 Å². The summed E-state index contributed by atoms with van der Waals surface area (Å²) in [5.41, 5.74) is 7.80. The van der Waals surface area contributed by atoms with Crippen LogP contribution in [0.2, 0.25) is 0 Å².